The van der Waals surface area contributed by atoms with Crippen LogP contribution in [0.25, 0.3) is 0 Å². The van der Waals surface area contributed by atoms with Gasteiger partial charge in [-0.1, -0.05) is 0 Å². The van der Waals surface area contributed by atoms with Crippen molar-refractivity contribution < 1.29 is 14.6 Å². The molecule has 0 unspecified atom stereocenters. The molecule has 1 aromatic rings. The van der Waals surface area contributed by atoms with Crippen molar-refractivity contribution >= 4 is 11.8 Å². The van der Waals surface area contributed by atoms with Crippen LogP contribution >= 0.6 is 11.8 Å². The molecule has 0 saturated carbocycles. The van der Waals surface area contributed by atoms with E-state index in [1.54, 1.807) is 18.9 Å². The molecule has 81 valence electrons. The van der Waals surface area contributed by atoms with Crippen LogP contribution in [0.5, 0.6) is 5.75 Å². The maximum absolute atomic E-state index is 10.8. The second-order valence-electron chi connectivity index (χ2n) is 2.71. The molecule has 15 heavy (non-hydrogen) atoms. The Labute approximate surface area is 93.7 Å². The number of benzene rings is 1. The third-order valence-corrected chi connectivity index (χ3v) is 2.70. The second-order valence-corrected chi connectivity index (χ2v) is 3.81. The topological polar surface area (TPSA) is 38.4 Å². The maximum atomic E-state index is 10.8. The minimum Gasteiger partial charge on any atom is -0.497 e. The molecule has 1 radical (unpaired) electrons. The van der Waals surface area contributed by atoms with Gasteiger partial charge in [0.1, 0.15) is 5.75 Å². The molecule has 0 heterocycles. The smallest absolute Gasteiger partial charge is 0.327 e. The van der Waals surface area contributed by atoms with Gasteiger partial charge in [-0.2, -0.15) is 0 Å². The summed E-state index contributed by atoms with van der Waals surface area (Å²) in [5.74, 6) is 1.14. The Balaban J connectivity index is 2.44. The van der Waals surface area contributed by atoms with Crippen LogP contribution in [0.2, 0.25) is 0 Å². The molecular formula is C11H13O3S. The summed E-state index contributed by atoms with van der Waals surface area (Å²) >= 11 is 1.57. The van der Waals surface area contributed by atoms with Crippen molar-refractivity contribution in [3.8, 4) is 5.75 Å². The zero-order valence-corrected chi connectivity index (χ0v) is 9.54. The van der Waals surface area contributed by atoms with Crippen molar-refractivity contribution in [2.45, 2.75) is 4.90 Å². The Kier molecular flexibility index (Phi) is 4.90. The van der Waals surface area contributed by atoms with Crippen LogP contribution < -0.4 is 4.74 Å². The van der Waals surface area contributed by atoms with E-state index < -0.39 is 0 Å². The monoisotopic (exact) mass is 225 g/mol. The summed E-state index contributed by atoms with van der Waals surface area (Å²) in [7, 11) is 3.00. The standard InChI is InChI=1S/C11H13O3S/c1-13-9-3-5-10(6-4-9)15-8-7-11(12)14-2/h3-7H,8H2,1-2H3. The molecule has 1 rings (SSSR count). The number of rotatable bonds is 5. The Morgan fingerprint density at radius 3 is 2.53 bits per heavy atom. The minimum atomic E-state index is -0.295. The van der Waals surface area contributed by atoms with Crippen LogP contribution in [0.4, 0.5) is 0 Å². The number of ether oxygens (including phenoxy) is 2. The van der Waals surface area contributed by atoms with Crippen LogP contribution in [0.1, 0.15) is 0 Å². The Hall–Kier alpha value is -1.29. The van der Waals surface area contributed by atoms with Gasteiger partial charge < -0.3 is 9.47 Å². The first-order chi connectivity index (χ1) is 7.26. The van der Waals surface area contributed by atoms with Crippen molar-refractivity contribution in [2.24, 2.45) is 0 Å². The Morgan fingerprint density at radius 1 is 1.33 bits per heavy atom. The molecule has 0 atom stereocenters. The molecular weight excluding hydrogens is 212 g/mol. The SMILES string of the molecule is COC([O])=CCSc1ccc(OC)cc1. The Bertz CT molecular complexity index is 319. The molecule has 0 spiro atoms. The van der Waals surface area contributed by atoms with Gasteiger partial charge in [-0.25, -0.2) is 5.11 Å². The lowest BCUT2D eigenvalue weighted by molar-refractivity contribution is 0.0860. The van der Waals surface area contributed by atoms with E-state index in [9.17, 15) is 5.11 Å². The van der Waals surface area contributed by atoms with E-state index in [4.69, 9.17) is 4.74 Å². The van der Waals surface area contributed by atoms with Crippen LogP contribution in [-0.2, 0) is 9.84 Å². The van der Waals surface area contributed by atoms with Crippen molar-refractivity contribution in [3.05, 3.63) is 36.3 Å². The zero-order valence-electron chi connectivity index (χ0n) is 8.73. The van der Waals surface area contributed by atoms with Gasteiger partial charge in [0.05, 0.1) is 14.2 Å². The number of hydrogen-bond acceptors (Lipinski definition) is 3. The predicted molar refractivity (Wildman–Crippen MR) is 59.5 cm³/mol. The lowest BCUT2D eigenvalue weighted by Crippen LogP contribution is -1.84. The molecule has 0 N–H and O–H groups in total. The fourth-order valence-electron chi connectivity index (χ4n) is 0.961. The lowest BCUT2D eigenvalue weighted by atomic mass is 10.3. The largest absolute Gasteiger partial charge is 0.497 e. The van der Waals surface area contributed by atoms with Crippen LogP contribution in [0.15, 0.2) is 41.2 Å². The van der Waals surface area contributed by atoms with Gasteiger partial charge in [-0.3, -0.25) is 0 Å². The first kappa shape index (κ1) is 11.8. The van der Waals surface area contributed by atoms with E-state index in [-0.39, 0.29) is 5.95 Å². The fourth-order valence-corrected chi connectivity index (χ4v) is 1.70. The summed E-state index contributed by atoms with van der Waals surface area (Å²) in [4.78, 5) is 1.09. The van der Waals surface area contributed by atoms with Crippen LogP contribution in [-0.4, -0.2) is 20.0 Å². The normalized spacial score (nSPS) is 11.2. The van der Waals surface area contributed by atoms with Gasteiger partial charge in [-0.15, -0.1) is 11.8 Å². The highest BCUT2D eigenvalue weighted by atomic mass is 32.2. The first-order valence-corrected chi connectivity index (χ1v) is 5.43. The molecule has 3 nitrogen and oxygen atoms in total. The quantitative estimate of drug-likeness (QED) is 0.571. The van der Waals surface area contributed by atoms with Crippen molar-refractivity contribution in [3.63, 3.8) is 0 Å². The van der Waals surface area contributed by atoms with Gasteiger partial charge in [-0.05, 0) is 24.3 Å². The van der Waals surface area contributed by atoms with Gasteiger partial charge in [0.25, 0.3) is 0 Å². The highest BCUT2D eigenvalue weighted by Crippen LogP contribution is 2.21. The third-order valence-electron chi connectivity index (χ3n) is 1.76. The van der Waals surface area contributed by atoms with Crippen molar-refractivity contribution in [2.75, 3.05) is 20.0 Å². The van der Waals surface area contributed by atoms with Gasteiger partial charge in [0.2, 0.25) is 0 Å². The van der Waals surface area contributed by atoms with E-state index in [1.165, 1.54) is 13.2 Å². The van der Waals surface area contributed by atoms with Crippen LogP contribution in [0.3, 0.4) is 0 Å². The molecule has 0 aliphatic carbocycles. The summed E-state index contributed by atoms with van der Waals surface area (Å²) in [6.45, 7) is 0. The lowest BCUT2D eigenvalue weighted by Gasteiger charge is -2.01. The third kappa shape index (κ3) is 4.16. The highest BCUT2D eigenvalue weighted by Gasteiger charge is 1.96. The highest BCUT2D eigenvalue weighted by molar-refractivity contribution is 7.99. The molecule has 0 saturated heterocycles. The Morgan fingerprint density at radius 2 is 2.00 bits per heavy atom. The molecule has 0 amide bonds. The van der Waals surface area contributed by atoms with E-state index >= 15 is 0 Å². The summed E-state index contributed by atoms with van der Waals surface area (Å²) in [5, 5.41) is 10.8. The number of hydrogen-bond donors (Lipinski definition) is 0. The number of methoxy groups -OCH3 is 2. The van der Waals surface area contributed by atoms with E-state index in [0.717, 1.165) is 10.6 Å². The second kappa shape index (κ2) is 6.24. The van der Waals surface area contributed by atoms with E-state index in [1.807, 2.05) is 24.3 Å². The van der Waals surface area contributed by atoms with Gasteiger partial charge in [0, 0.05) is 16.7 Å². The summed E-state index contributed by atoms with van der Waals surface area (Å²) in [6, 6.07) is 7.68. The molecule has 0 aromatic heterocycles. The van der Waals surface area contributed by atoms with Gasteiger partial charge >= 0.3 is 5.95 Å². The van der Waals surface area contributed by atoms with Gasteiger partial charge in [0.15, 0.2) is 0 Å². The summed E-state index contributed by atoms with van der Waals surface area (Å²) in [5.41, 5.74) is 0. The molecule has 0 fully saturated rings. The predicted octanol–water partition coefficient (Wildman–Crippen LogP) is 2.71. The molecule has 4 heteroatoms. The fraction of sp³-hybridized carbons (Fsp3) is 0.273. The van der Waals surface area contributed by atoms with E-state index in [2.05, 4.69) is 4.74 Å². The average Bonchev–Trinajstić information content (AvgIpc) is 2.29. The minimum absolute atomic E-state index is 0.295. The van der Waals surface area contributed by atoms with Crippen molar-refractivity contribution in [1.29, 1.82) is 0 Å². The molecule has 0 aliphatic rings. The maximum Gasteiger partial charge on any atom is 0.327 e. The zero-order chi connectivity index (χ0) is 11.1. The van der Waals surface area contributed by atoms with Crippen LogP contribution in [0, 0.1) is 0 Å². The van der Waals surface area contributed by atoms with E-state index in [0.29, 0.717) is 5.75 Å². The molecule has 0 aliphatic heterocycles. The average molecular weight is 225 g/mol. The number of thioether (sulfide) groups is 1. The van der Waals surface area contributed by atoms with Crippen molar-refractivity contribution in [1.82, 2.24) is 0 Å². The summed E-state index contributed by atoms with van der Waals surface area (Å²) < 4.78 is 9.53. The first-order valence-electron chi connectivity index (χ1n) is 4.44. The molecule has 1 aromatic carbocycles. The summed E-state index contributed by atoms with van der Waals surface area (Å²) in [6.07, 6.45) is 1.51. The molecule has 0 bridgehead atoms.